The molecule has 0 N–H and O–H groups in total. The lowest BCUT2D eigenvalue weighted by Crippen LogP contribution is -2.36. The molecule has 0 fully saturated rings. The summed E-state index contributed by atoms with van der Waals surface area (Å²) in [6.45, 7) is 0.868. The van der Waals surface area contributed by atoms with Gasteiger partial charge in [-0.05, 0) is 67.9 Å². The Morgan fingerprint density at radius 2 is 1.97 bits per heavy atom. The predicted molar refractivity (Wildman–Crippen MR) is 125 cm³/mol. The molecule has 32 heavy (non-hydrogen) atoms. The zero-order valence-corrected chi connectivity index (χ0v) is 19.6. The molecule has 3 aromatic rings. The smallest absolute Gasteiger partial charge is 0.262 e. The number of amides is 1. The first-order chi connectivity index (χ1) is 15.3. The molecular weight excluding hydrogens is 446 g/mol. The topological polar surface area (TPSA) is 89.3 Å². The van der Waals surface area contributed by atoms with Crippen LogP contribution < -0.4 is 10.5 Å². The van der Waals surface area contributed by atoms with Gasteiger partial charge < -0.3 is 4.90 Å². The van der Waals surface area contributed by atoms with E-state index in [1.165, 1.54) is 11.1 Å². The number of fused-ring (bicyclic) bond motifs is 4. The number of carbonyl (C=O) groups excluding carboxylic acids is 1. The van der Waals surface area contributed by atoms with E-state index in [-0.39, 0.29) is 29.3 Å². The molecule has 0 atom stereocenters. The number of aromatic nitrogens is 2. The Kier molecular flexibility index (Phi) is 5.41. The van der Waals surface area contributed by atoms with E-state index in [9.17, 15) is 18.0 Å². The number of thiophene rings is 1. The van der Waals surface area contributed by atoms with Gasteiger partial charge in [-0.15, -0.1) is 11.3 Å². The number of sulfone groups is 1. The highest BCUT2D eigenvalue weighted by Crippen LogP contribution is 2.33. The molecule has 2 aromatic heterocycles. The lowest BCUT2D eigenvalue weighted by Gasteiger charge is -2.30. The number of rotatable bonds is 4. The van der Waals surface area contributed by atoms with Gasteiger partial charge in [0, 0.05) is 36.3 Å². The van der Waals surface area contributed by atoms with Crippen LogP contribution in [-0.2, 0) is 40.4 Å². The summed E-state index contributed by atoms with van der Waals surface area (Å²) in [6, 6.07) is 4.95. The first-order valence-electron chi connectivity index (χ1n) is 11.0. The second-order valence-corrected chi connectivity index (χ2v) is 11.7. The average molecular weight is 472 g/mol. The molecule has 3 heterocycles. The van der Waals surface area contributed by atoms with Crippen LogP contribution in [0.25, 0.3) is 10.2 Å². The van der Waals surface area contributed by atoms with Gasteiger partial charge in [0.1, 0.15) is 4.83 Å². The van der Waals surface area contributed by atoms with Gasteiger partial charge >= 0.3 is 0 Å². The fourth-order valence-corrected chi connectivity index (χ4v) is 6.65. The maximum Gasteiger partial charge on any atom is 0.262 e. The molecule has 0 saturated carbocycles. The minimum absolute atomic E-state index is 0.0564. The standard InChI is InChI=1S/C23H25N3O4S2/c1-32(29,30)16-8-9-18-15(13-16)5-4-11-26(18)20(27)10-12-25-14-24-22-21(23(25)28)17-6-2-3-7-19(17)31-22/h8-9,13-14H,2-7,10-12H2,1H3. The molecular formula is C23H25N3O4S2. The van der Waals surface area contributed by atoms with Gasteiger partial charge in [-0.1, -0.05) is 0 Å². The Bertz CT molecular complexity index is 1390. The number of hydrogen-bond donors (Lipinski definition) is 0. The van der Waals surface area contributed by atoms with Crippen molar-refractivity contribution in [1.29, 1.82) is 0 Å². The van der Waals surface area contributed by atoms with Crippen molar-refractivity contribution in [2.75, 3.05) is 17.7 Å². The number of aryl methyl sites for hydroxylation is 4. The molecule has 2 aliphatic rings. The van der Waals surface area contributed by atoms with Gasteiger partial charge in [-0.25, -0.2) is 13.4 Å². The number of anilines is 1. The summed E-state index contributed by atoms with van der Waals surface area (Å²) in [5.74, 6) is -0.0719. The van der Waals surface area contributed by atoms with Crippen molar-refractivity contribution in [2.45, 2.75) is 56.4 Å². The van der Waals surface area contributed by atoms with Crippen LogP contribution in [0.15, 0.2) is 34.2 Å². The summed E-state index contributed by atoms with van der Waals surface area (Å²) in [4.78, 5) is 34.8. The van der Waals surface area contributed by atoms with E-state index in [1.807, 2.05) is 0 Å². The van der Waals surface area contributed by atoms with Crippen molar-refractivity contribution in [3.05, 3.63) is 50.9 Å². The maximum atomic E-state index is 13.1. The normalized spacial score (nSPS) is 16.1. The van der Waals surface area contributed by atoms with E-state index in [1.54, 1.807) is 45.3 Å². The molecule has 0 spiro atoms. The molecule has 0 saturated heterocycles. The van der Waals surface area contributed by atoms with Crippen LogP contribution in [-0.4, -0.2) is 36.7 Å². The molecule has 168 valence electrons. The van der Waals surface area contributed by atoms with E-state index in [0.29, 0.717) is 6.54 Å². The quantitative estimate of drug-likeness (QED) is 0.583. The highest BCUT2D eigenvalue weighted by molar-refractivity contribution is 7.90. The van der Waals surface area contributed by atoms with Gasteiger partial charge in [-0.2, -0.15) is 0 Å². The van der Waals surface area contributed by atoms with Crippen molar-refractivity contribution in [3.63, 3.8) is 0 Å². The Balaban J connectivity index is 1.37. The molecule has 1 aliphatic heterocycles. The second kappa shape index (κ2) is 8.12. The molecule has 1 amide bonds. The van der Waals surface area contributed by atoms with Crippen LogP contribution in [0.4, 0.5) is 5.69 Å². The molecule has 0 bridgehead atoms. The van der Waals surface area contributed by atoms with Gasteiger partial charge in [0.25, 0.3) is 5.56 Å². The lowest BCUT2D eigenvalue weighted by molar-refractivity contribution is -0.118. The van der Waals surface area contributed by atoms with Crippen molar-refractivity contribution in [1.82, 2.24) is 9.55 Å². The van der Waals surface area contributed by atoms with E-state index >= 15 is 0 Å². The fraction of sp³-hybridized carbons (Fsp3) is 0.435. The third-order valence-corrected chi connectivity index (χ3v) is 8.72. The minimum atomic E-state index is -3.29. The Hall–Kier alpha value is -2.52. The summed E-state index contributed by atoms with van der Waals surface area (Å²) in [6.07, 6.45) is 8.65. The fourth-order valence-electron chi connectivity index (χ4n) is 4.75. The average Bonchev–Trinajstić information content (AvgIpc) is 3.16. The van der Waals surface area contributed by atoms with E-state index < -0.39 is 9.84 Å². The zero-order valence-electron chi connectivity index (χ0n) is 18.0. The lowest BCUT2D eigenvalue weighted by atomic mass is 9.97. The summed E-state index contributed by atoms with van der Waals surface area (Å²) in [5.41, 5.74) is 2.74. The molecule has 1 aromatic carbocycles. The van der Waals surface area contributed by atoms with Crippen LogP contribution >= 0.6 is 11.3 Å². The van der Waals surface area contributed by atoms with Crippen LogP contribution in [0.3, 0.4) is 0 Å². The highest BCUT2D eigenvalue weighted by atomic mass is 32.2. The first-order valence-corrected chi connectivity index (χ1v) is 13.7. The van der Waals surface area contributed by atoms with E-state index in [4.69, 9.17) is 0 Å². The molecule has 9 heteroatoms. The summed E-state index contributed by atoms with van der Waals surface area (Å²) >= 11 is 1.62. The molecule has 0 unspecified atom stereocenters. The van der Waals surface area contributed by atoms with E-state index in [2.05, 4.69) is 4.98 Å². The first kappa shape index (κ1) is 21.3. The van der Waals surface area contributed by atoms with Crippen LogP contribution in [0, 0.1) is 0 Å². The molecule has 0 radical (unpaired) electrons. The van der Waals surface area contributed by atoms with Crippen LogP contribution in [0.2, 0.25) is 0 Å². The summed E-state index contributed by atoms with van der Waals surface area (Å²) < 4.78 is 25.3. The molecule has 7 nitrogen and oxygen atoms in total. The number of nitrogens with zero attached hydrogens (tertiary/aromatic N) is 3. The Morgan fingerprint density at radius 1 is 1.16 bits per heavy atom. The van der Waals surface area contributed by atoms with Crippen molar-refractivity contribution >= 4 is 43.0 Å². The number of carbonyl (C=O) groups is 1. The van der Waals surface area contributed by atoms with Crippen LogP contribution in [0.1, 0.15) is 41.7 Å². The zero-order chi connectivity index (χ0) is 22.5. The third kappa shape index (κ3) is 3.77. The van der Waals surface area contributed by atoms with Crippen molar-refractivity contribution < 1.29 is 13.2 Å². The van der Waals surface area contributed by atoms with Crippen LogP contribution in [0.5, 0.6) is 0 Å². The van der Waals surface area contributed by atoms with Crippen molar-refractivity contribution in [3.8, 4) is 0 Å². The Morgan fingerprint density at radius 3 is 2.78 bits per heavy atom. The van der Waals surface area contributed by atoms with E-state index in [0.717, 1.165) is 65.6 Å². The monoisotopic (exact) mass is 471 g/mol. The summed E-state index contributed by atoms with van der Waals surface area (Å²) in [5, 5.41) is 0.733. The second-order valence-electron chi connectivity index (χ2n) is 8.60. The largest absolute Gasteiger partial charge is 0.312 e. The Labute approximate surface area is 190 Å². The highest BCUT2D eigenvalue weighted by Gasteiger charge is 2.25. The van der Waals surface area contributed by atoms with Gasteiger partial charge in [0.2, 0.25) is 5.91 Å². The van der Waals surface area contributed by atoms with Gasteiger partial charge in [0.15, 0.2) is 9.84 Å². The molecule has 1 aliphatic carbocycles. The SMILES string of the molecule is CS(=O)(=O)c1ccc2c(c1)CCCN2C(=O)CCn1cnc2sc3c(c2c1=O)CCCC3. The van der Waals surface area contributed by atoms with Gasteiger partial charge in [-0.3, -0.25) is 14.2 Å². The number of hydrogen-bond acceptors (Lipinski definition) is 6. The van der Waals surface area contributed by atoms with Gasteiger partial charge in [0.05, 0.1) is 16.6 Å². The van der Waals surface area contributed by atoms with Crippen molar-refractivity contribution in [2.24, 2.45) is 0 Å². The third-order valence-electron chi connectivity index (χ3n) is 6.41. The number of benzene rings is 1. The molecule has 5 rings (SSSR count). The minimum Gasteiger partial charge on any atom is -0.312 e. The predicted octanol–water partition coefficient (Wildman–Crippen LogP) is 3.11. The summed E-state index contributed by atoms with van der Waals surface area (Å²) in [7, 11) is -3.29. The maximum absolute atomic E-state index is 13.1.